The summed E-state index contributed by atoms with van der Waals surface area (Å²) in [5.74, 6) is 1.08. The first kappa shape index (κ1) is 16.0. The number of benzene rings is 1. The van der Waals surface area contributed by atoms with Crippen LogP contribution < -0.4 is 11.1 Å². The van der Waals surface area contributed by atoms with Crippen LogP contribution >= 0.6 is 0 Å². The molecule has 0 spiro atoms. The summed E-state index contributed by atoms with van der Waals surface area (Å²) in [6, 6.07) is 7.07. The minimum atomic E-state index is 0.00838. The Balaban J connectivity index is 2.50. The molecule has 1 aromatic rings. The van der Waals surface area contributed by atoms with Crippen LogP contribution in [0.15, 0.2) is 29.4 Å². The predicted molar refractivity (Wildman–Crippen MR) is 79.7 cm³/mol. The molecule has 0 aromatic heterocycles. The molecule has 0 heterocycles. The van der Waals surface area contributed by atoms with Crippen LogP contribution in [0.4, 0.5) is 0 Å². The van der Waals surface area contributed by atoms with Gasteiger partial charge < -0.3 is 16.3 Å². The Labute approximate surface area is 119 Å². The largest absolute Gasteiger partial charge is 0.409 e. The molecule has 0 aliphatic rings. The molecule has 0 saturated carbocycles. The maximum Gasteiger partial charge on any atom is 0.224 e. The van der Waals surface area contributed by atoms with Crippen LogP contribution in [0.3, 0.4) is 0 Å². The minimum Gasteiger partial charge on any atom is -0.409 e. The van der Waals surface area contributed by atoms with E-state index in [1.165, 1.54) is 0 Å². The second-order valence-corrected chi connectivity index (χ2v) is 5.38. The molecule has 1 atom stereocenters. The number of amidine groups is 1. The van der Waals surface area contributed by atoms with E-state index >= 15 is 0 Å². The Morgan fingerprint density at radius 2 is 1.90 bits per heavy atom. The molecule has 20 heavy (non-hydrogen) atoms. The predicted octanol–water partition coefficient (Wildman–Crippen LogP) is 1.73. The molecule has 0 aliphatic carbocycles. The summed E-state index contributed by atoms with van der Waals surface area (Å²) in [5.41, 5.74) is 7.00. The van der Waals surface area contributed by atoms with Crippen molar-refractivity contribution in [1.29, 1.82) is 0 Å². The second-order valence-electron chi connectivity index (χ2n) is 5.38. The summed E-state index contributed by atoms with van der Waals surface area (Å²) in [6.07, 6.45) is 0.335. The third-order valence-corrected chi connectivity index (χ3v) is 3.48. The lowest BCUT2D eigenvalue weighted by Gasteiger charge is -2.16. The van der Waals surface area contributed by atoms with Crippen LogP contribution in [-0.4, -0.2) is 23.5 Å². The number of nitrogens with zero attached hydrogens (tertiary/aromatic N) is 1. The van der Waals surface area contributed by atoms with E-state index in [1.807, 2.05) is 0 Å². The Hall–Kier alpha value is -2.04. The Kier molecular flexibility index (Phi) is 6.03. The molecule has 4 N–H and O–H groups in total. The number of nitrogens with one attached hydrogen (secondary N) is 1. The SMILES string of the molecule is CC(C)C(C)CNC(=O)Cc1ccc(C(N)=NO)cc1. The number of hydrogen-bond donors (Lipinski definition) is 3. The highest BCUT2D eigenvalue weighted by Crippen LogP contribution is 2.08. The Morgan fingerprint density at radius 1 is 1.30 bits per heavy atom. The second kappa shape index (κ2) is 7.53. The van der Waals surface area contributed by atoms with Gasteiger partial charge in [0.1, 0.15) is 0 Å². The first-order valence-corrected chi connectivity index (χ1v) is 6.77. The molecule has 5 nitrogen and oxygen atoms in total. The summed E-state index contributed by atoms with van der Waals surface area (Å²) in [6.45, 7) is 7.10. The molecule has 1 unspecified atom stereocenters. The number of nitrogens with two attached hydrogens (primary N) is 1. The van der Waals surface area contributed by atoms with E-state index < -0.39 is 0 Å². The van der Waals surface area contributed by atoms with Gasteiger partial charge in [-0.2, -0.15) is 0 Å². The molecule has 0 aliphatic heterocycles. The minimum absolute atomic E-state index is 0.00838. The van der Waals surface area contributed by atoms with Crippen molar-refractivity contribution in [2.75, 3.05) is 6.54 Å². The van der Waals surface area contributed by atoms with Crippen molar-refractivity contribution in [2.24, 2.45) is 22.7 Å². The van der Waals surface area contributed by atoms with E-state index in [0.717, 1.165) is 5.56 Å². The molecule has 0 fully saturated rings. The fourth-order valence-electron chi connectivity index (χ4n) is 1.61. The van der Waals surface area contributed by atoms with Crippen LogP contribution in [0.1, 0.15) is 31.9 Å². The van der Waals surface area contributed by atoms with Crippen molar-refractivity contribution in [2.45, 2.75) is 27.2 Å². The number of carbonyl (C=O) groups is 1. The van der Waals surface area contributed by atoms with Gasteiger partial charge in [-0.25, -0.2) is 0 Å². The zero-order chi connectivity index (χ0) is 15.1. The van der Waals surface area contributed by atoms with Gasteiger partial charge in [-0.15, -0.1) is 0 Å². The molecule has 1 rings (SSSR count). The van der Waals surface area contributed by atoms with Crippen LogP contribution in [0.25, 0.3) is 0 Å². The van der Waals surface area contributed by atoms with Gasteiger partial charge in [0.05, 0.1) is 6.42 Å². The third-order valence-electron chi connectivity index (χ3n) is 3.48. The van der Waals surface area contributed by atoms with Crippen LogP contribution in [0.5, 0.6) is 0 Å². The van der Waals surface area contributed by atoms with Crippen molar-refractivity contribution in [3.05, 3.63) is 35.4 Å². The molecular formula is C15H23N3O2. The summed E-state index contributed by atoms with van der Waals surface area (Å²) in [4.78, 5) is 11.8. The van der Waals surface area contributed by atoms with Gasteiger partial charge in [0.25, 0.3) is 0 Å². The summed E-state index contributed by atoms with van der Waals surface area (Å²) >= 11 is 0. The molecule has 1 amide bonds. The van der Waals surface area contributed by atoms with Crippen LogP contribution in [0.2, 0.25) is 0 Å². The fourth-order valence-corrected chi connectivity index (χ4v) is 1.61. The molecular weight excluding hydrogens is 254 g/mol. The number of hydrogen-bond acceptors (Lipinski definition) is 3. The molecule has 1 aromatic carbocycles. The average Bonchev–Trinajstić information content (AvgIpc) is 2.44. The van der Waals surface area contributed by atoms with Gasteiger partial charge in [-0.05, 0) is 17.4 Å². The third kappa shape index (κ3) is 4.91. The lowest BCUT2D eigenvalue weighted by molar-refractivity contribution is -0.120. The van der Waals surface area contributed by atoms with Gasteiger partial charge in [0.2, 0.25) is 5.91 Å². The summed E-state index contributed by atoms with van der Waals surface area (Å²) in [5, 5.41) is 14.4. The number of amides is 1. The molecule has 5 heteroatoms. The summed E-state index contributed by atoms with van der Waals surface area (Å²) in [7, 11) is 0. The molecule has 0 saturated heterocycles. The van der Waals surface area contributed by atoms with Gasteiger partial charge in [-0.1, -0.05) is 50.2 Å². The van der Waals surface area contributed by atoms with Crippen LogP contribution in [0, 0.1) is 11.8 Å². The topological polar surface area (TPSA) is 87.7 Å². The van der Waals surface area contributed by atoms with E-state index in [9.17, 15) is 4.79 Å². The first-order valence-electron chi connectivity index (χ1n) is 6.77. The van der Waals surface area contributed by atoms with Crippen molar-refractivity contribution in [1.82, 2.24) is 5.32 Å². The molecule has 0 bridgehead atoms. The van der Waals surface area contributed by atoms with E-state index in [2.05, 4.69) is 31.2 Å². The number of rotatable bonds is 6. The maximum absolute atomic E-state index is 11.8. The van der Waals surface area contributed by atoms with Crippen molar-refractivity contribution >= 4 is 11.7 Å². The zero-order valence-electron chi connectivity index (χ0n) is 12.3. The monoisotopic (exact) mass is 277 g/mol. The van der Waals surface area contributed by atoms with Crippen molar-refractivity contribution in [3.63, 3.8) is 0 Å². The summed E-state index contributed by atoms with van der Waals surface area (Å²) < 4.78 is 0. The normalized spacial score (nSPS) is 13.3. The van der Waals surface area contributed by atoms with Crippen molar-refractivity contribution in [3.8, 4) is 0 Å². The highest BCUT2D eigenvalue weighted by atomic mass is 16.4. The molecule has 0 radical (unpaired) electrons. The van der Waals surface area contributed by atoms with Crippen LogP contribution in [-0.2, 0) is 11.2 Å². The number of oxime groups is 1. The lowest BCUT2D eigenvalue weighted by atomic mass is 9.98. The Morgan fingerprint density at radius 3 is 2.40 bits per heavy atom. The average molecular weight is 277 g/mol. The standard InChI is InChI=1S/C15H23N3O2/c1-10(2)11(3)9-17-14(19)8-12-4-6-13(7-5-12)15(16)18-20/h4-7,10-11,20H,8-9H2,1-3H3,(H2,16,18)(H,17,19). The highest BCUT2D eigenvalue weighted by molar-refractivity contribution is 5.97. The van der Waals surface area contributed by atoms with Crippen molar-refractivity contribution < 1.29 is 10.0 Å². The van der Waals surface area contributed by atoms with Gasteiger partial charge in [0, 0.05) is 12.1 Å². The van der Waals surface area contributed by atoms with Gasteiger partial charge >= 0.3 is 0 Å². The van der Waals surface area contributed by atoms with E-state index in [0.29, 0.717) is 30.4 Å². The first-order chi connectivity index (χ1) is 9.43. The smallest absolute Gasteiger partial charge is 0.224 e. The fraction of sp³-hybridized carbons (Fsp3) is 0.467. The molecule has 110 valence electrons. The maximum atomic E-state index is 11.8. The highest BCUT2D eigenvalue weighted by Gasteiger charge is 2.09. The number of carbonyl (C=O) groups excluding carboxylic acids is 1. The quantitative estimate of drug-likeness (QED) is 0.320. The van der Waals surface area contributed by atoms with Gasteiger partial charge in [0.15, 0.2) is 5.84 Å². The Bertz CT molecular complexity index is 467. The van der Waals surface area contributed by atoms with E-state index in [4.69, 9.17) is 10.9 Å². The van der Waals surface area contributed by atoms with Gasteiger partial charge in [-0.3, -0.25) is 4.79 Å². The van der Waals surface area contributed by atoms with E-state index in [1.54, 1.807) is 24.3 Å². The zero-order valence-corrected chi connectivity index (χ0v) is 12.3. The lowest BCUT2D eigenvalue weighted by Crippen LogP contribution is -2.31. The van der Waals surface area contributed by atoms with E-state index in [-0.39, 0.29) is 11.7 Å².